The second-order valence-electron chi connectivity index (χ2n) is 2.78. The Balaban J connectivity index is -0.000000224. The molecule has 0 aromatic heterocycles. The molecule has 0 bridgehead atoms. The van der Waals surface area contributed by atoms with Crippen LogP contribution in [0.2, 0.25) is 0 Å². The molecular formula is C8H15Cl2CoN4O4. The van der Waals surface area contributed by atoms with Crippen LogP contribution in [0.15, 0.2) is 26.9 Å². The summed E-state index contributed by atoms with van der Waals surface area (Å²) < 4.78 is 0. The van der Waals surface area contributed by atoms with Gasteiger partial charge in [-0.25, -0.2) is 0 Å². The molecule has 8 nitrogen and oxygen atoms in total. The molecule has 0 atom stereocenters. The van der Waals surface area contributed by atoms with Crippen molar-refractivity contribution < 1.29 is 28.5 Å². The van der Waals surface area contributed by atoms with Gasteiger partial charge in [0.1, 0.15) is 11.4 Å². The van der Waals surface area contributed by atoms with E-state index in [1.54, 1.807) is 0 Å². The van der Waals surface area contributed by atoms with Crippen LogP contribution in [-0.4, -0.2) is 27.0 Å². The third-order valence-electron chi connectivity index (χ3n) is 1.63. The van der Waals surface area contributed by atoms with Crippen LogP contribution >= 0.6 is 20.3 Å². The average Bonchev–Trinajstić information content (AvgIpc) is 2.45. The average molecular weight is 361 g/mol. The van der Waals surface area contributed by atoms with E-state index < -0.39 is 0 Å². The van der Waals surface area contributed by atoms with Crippen LogP contribution in [0.4, 0.5) is 0 Å². The zero-order valence-electron chi connectivity index (χ0n) is 10.6. The quantitative estimate of drug-likeness (QED) is 0.305. The van der Waals surface area contributed by atoms with Crippen LogP contribution in [0.1, 0.15) is 27.7 Å². The van der Waals surface area contributed by atoms with E-state index in [1.807, 2.05) is 0 Å². The molecule has 0 saturated carbocycles. The third-order valence-corrected chi connectivity index (χ3v) is 1.63. The minimum atomic E-state index is 0.201. The summed E-state index contributed by atoms with van der Waals surface area (Å²) >= 11 is 0.382. The molecule has 0 rings (SSSR count). The second-order valence-corrected chi connectivity index (χ2v) is 4.50. The van der Waals surface area contributed by atoms with E-state index in [9.17, 15) is 4.91 Å². The number of halogens is 2. The minimum absolute atomic E-state index is 0.201. The Morgan fingerprint density at radius 3 is 1.47 bits per heavy atom. The molecule has 0 fully saturated rings. The van der Waals surface area contributed by atoms with Crippen LogP contribution < -0.4 is 0 Å². The van der Waals surface area contributed by atoms with Crippen LogP contribution in [-0.2, 0) is 12.9 Å². The summed E-state index contributed by atoms with van der Waals surface area (Å²) in [5.41, 5.74) is 3.82. The number of hydrogen-bond acceptors (Lipinski definition) is 7. The van der Waals surface area contributed by atoms with Gasteiger partial charge in [-0.1, -0.05) is 17.2 Å². The Bertz CT molecular complexity index is 321. The first-order valence-electron chi connectivity index (χ1n) is 4.43. The van der Waals surface area contributed by atoms with Crippen molar-refractivity contribution in [2.24, 2.45) is 15.5 Å². The summed E-state index contributed by atoms with van der Waals surface area (Å²) in [4.78, 5) is 9.63. The van der Waals surface area contributed by atoms with Crippen LogP contribution in [0.5, 0.6) is 0 Å². The Labute approximate surface area is 125 Å². The fraction of sp³-hybridized carbons (Fsp3) is 0.500. The molecule has 0 saturated heterocycles. The number of hydrogen-bond donors (Lipinski definition) is 3. The van der Waals surface area contributed by atoms with Gasteiger partial charge in [-0.15, -0.1) is 10.6 Å². The van der Waals surface area contributed by atoms with E-state index in [2.05, 4.69) is 21.0 Å². The normalized spacial score (nSPS) is 12.4. The van der Waals surface area contributed by atoms with E-state index in [1.165, 1.54) is 27.7 Å². The molecule has 0 spiro atoms. The Morgan fingerprint density at radius 1 is 1.05 bits per heavy atom. The fourth-order valence-electron chi connectivity index (χ4n) is 0.283. The van der Waals surface area contributed by atoms with Crippen LogP contribution in [0.3, 0.4) is 0 Å². The van der Waals surface area contributed by atoms with Crippen molar-refractivity contribution in [3.63, 3.8) is 0 Å². The number of rotatable bonds is 3. The second kappa shape index (κ2) is 17.1. The molecule has 0 aliphatic carbocycles. The maximum atomic E-state index is 9.63. The first kappa shape index (κ1) is 23.2. The maximum absolute atomic E-state index is 9.63. The third kappa shape index (κ3) is 17.1. The molecule has 0 aliphatic heterocycles. The Hall–Kier alpha value is -0.874. The molecule has 0 unspecified atom stereocenters. The molecule has 3 N–H and O–H groups in total. The number of oxime groups is 2. The number of hydroxylamine groups is 1. The molecule has 0 aliphatic rings. The SMILES string of the molecule is C/C(N=O)=C(\C)[N-]O.CC(=N\O)/C(C)=N/O.[Cl][Co+][Cl]. The summed E-state index contributed by atoms with van der Waals surface area (Å²) in [6.07, 6.45) is 0. The van der Waals surface area contributed by atoms with Crippen molar-refractivity contribution in [2.45, 2.75) is 27.7 Å². The van der Waals surface area contributed by atoms with E-state index >= 15 is 0 Å². The van der Waals surface area contributed by atoms with Crippen molar-refractivity contribution in [1.29, 1.82) is 0 Å². The van der Waals surface area contributed by atoms with Crippen molar-refractivity contribution >= 4 is 31.7 Å². The Morgan fingerprint density at radius 2 is 1.37 bits per heavy atom. The summed E-state index contributed by atoms with van der Waals surface area (Å²) in [6.45, 7) is 6.04. The zero-order valence-corrected chi connectivity index (χ0v) is 13.2. The van der Waals surface area contributed by atoms with Gasteiger partial charge < -0.3 is 21.1 Å². The van der Waals surface area contributed by atoms with Gasteiger partial charge in [-0.05, 0) is 25.9 Å². The van der Waals surface area contributed by atoms with Crippen molar-refractivity contribution in [3.05, 3.63) is 21.8 Å². The molecule has 0 aromatic rings. The molecule has 114 valence electrons. The number of allylic oxidation sites excluding steroid dienone is 2. The molecular weight excluding hydrogens is 346 g/mol. The predicted octanol–water partition coefficient (Wildman–Crippen LogP) is 3.83. The first-order chi connectivity index (χ1) is 8.85. The molecule has 19 heavy (non-hydrogen) atoms. The topological polar surface area (TPSA) is 129 Å². The van der Waals surface area contributed by atoms with Crippen molar-refractivity contribution in [2.75, 3.05) is 0 Å². The van der Waals surface area contributed by atoms with Gasteiger partial charge in [0.15, 0.2) is 0 Å². The summed E-state index contributed by atoms with van der Waals surface area (Å²) in [5, 5.41) is 32.2. The summed E-state index contributed by atoms with van der Waals surface area (Å²) in [5.74, 6) is 0. The van der Waals surface area contributed by atoms with E-state index in [4.69, 9.17) is 35.9 Å². The first-order valence-corrected chi connectivity index (χ1v) is 7.29. The van der Waals surface area contributed by atoms with Gasteiger partial charge in [0.25, 0.3) is 0 Å². The standard InChI is InChI=1S/2C4H8N2O2.2ClH.Co/c2*1-3(5-7)4(2)6-8;;;/h1-2H3,(H2,5,6,7,8);7-8H,1-2H3;2*1H;/q;;;;+3/p-3/b;5-3+,6-4+;;;. The molecule has 0 heterocycles. The number of nitroso groups, excluding NO2 is 1. The molecule has 0 aromatic carbocycles. The molecule has 0 radical (unpaired) electrons. The summed E-state index contributed by atoms with van der Waals surface area (Å²) in [7, 11) is 9.47. The molecule has 11 heteroatoms. The monoisotopic (exact) mass is 360 g/mol. The summed E-state index contributed by atoms with van der Waals surface area (Å²) in [6, 6.07) is 0. The van der Waals surface area contributed by atoms with E-state index in [0.717, 1.165) is 0 Å². The zero-order chi connectivity index (χ0) is 15.8. The fourth-order valence-corrected chi connectivity index (χ4v) is 0.283. The Kier molecular flexibility index (Phi) is 20.9. The van der Waals surface area contributed by atoms with Crippen molar-refractivity contribution in [1.82, 2.24) is 0 Å². The van der Waals surface area contributed by atoms with E-state index in [-0.39, 0.29) is 11.4 Å². The van der Waals surface area contributed by atoms with Gasteiger partial charge in [0, 0.05) is 0 Å². The van der Waals surface area contributed by atoms with Gasteiger partial charge in [0.05, 0.1) is 5.70 Å². The van der Waals surface area contributed by atoms with Gasteiger partial charge in [-0.2, -0.15) is 0 Å². The van der Waals surface area contributed by atoms with Gasteiger partial charge >= 0.3 is 33.2 Å². The van der Waals surface area contributed by atoms with Crippen LogP contribution in [0, 0.1) is 4.91 Å². The van der Waals surface area contributed by atoms with Crippen molar-refractivity contribution in [3.8, 4) is 0 Å². The van der Waals surface area contributed by atoms with Gasteiger partial charge in [0.2, 0.25) is 0 Å². The number of nitrogens with zero attached hydrogens (tertiary/aromatic N) is 4. The van der Waals surface area contributed by atoms with E-state index in [0.29, 0.717) is 24.3 Å². The van der Waals surface area contributed by atoms with Gasteiger partial charge in [-0.3, -0.25) is 0 Å². The molecule has 0 amide bonds. The van der Waals surface area contributed by atoms with Crippen LogP contribution in [0.25, 0.3) is 5.48 Å². The predicted molar refractivity (Wildman–Crippen MR) is 70.8 cm³/mol.